The summed E-state index contributed by atoms with van der Waals surface area (Å²) in [5.41, 5.74) is 4.28. The normalized spacial score (nSPS) is 17.4. The van der Waals surface area contributed by atoms with Gasteiger partial charge in [-0.25, -0.2) is 0 Å². The maximum Gasteiger partial charge on any atom is 0.174 e. The van der Waals surface area contributed by atoms with E-state index in [-0.39, 0.29) is 12.1 Å². The summed E-state index contributed by atoms with van der Waals surface area (Å²) in [6.07, 6.45) is 3.91. The van der Waals surface area contributed by atoms with Crippen molar-refractivity contribution < 1.29 is 9.47 Å². The summed E-state index contributed by atoms with van der Waals surface area (Å²) in [4.78, 5) is 6.81. The second-order valence-corrected chi connectivity index (χ2v) is 8.91. The van der Waals surface area contributed by atoms with E-state index in [0.29, 0.717) is 11.7 Å². The smallest absolute Gasteiger partial charge is 0.174 e. The summed E-state index contributed by atoms with van der Waals surface area (Å²) < 4.78 is 13.6. The molecule has 0 saturated carbocycles. The number of aromatic nitrogens is 2. The lowest BCUT2D eigenvalue weighted by atomic mass is 10.0. The summed E-state index contributed by atoms with van der Waals surface area (Å²) in [5, 5.41) is 4.18. The third-order valence-electron chi connectivity index (χ3n) is 6.17. The van der Waals surface area contributed by atoms with E-state index < -0.39 is 0 Å². The molecular formula is C28H28N4O2S. The number of thiocarbonyl (C=S) groups is 1. The summed E-state index contributed by atoms with van der Waals surface area (Å²) >= 11 is 5.85. The zero-order chi connectivity index (χ0) is 24.2. The van der Waals surface area contributed by atoms with Crippen LogP contribution in [-0.2, 0) is 11.3 Å². The van der Waals surface area contributed by atoms with Gasteiger partial charge in [-0.3, -0.25) is 4.98 Å². The molecule has 3 heterocycles. The number of methoxy groups -OCH3 is 1. The number of rotatable bonds is 8. The van der Waals surface area contributed by atoms with Crippen molar-refractivity contribution in [1.82, 2.24) is 14.9 Å². The molecule has 4 aromatic rings. The Morgan fingerprint density at radius 2 is 1.69 bits per heavy atom. The number of nitrogens with zero attached hydrogens (tertiary/aromatic N) is 3. The van der Waals surface area contributed by atoms with Crippen LogP contribution in [0.3, 0.4) is 0 Å². The van der Waals surface area contributed by atoms with Gasteiger partial charge in [-0.1, -0.05) is 23.8 Å². The molecular weight excluding hydrogens is 456 g/mol. The number of benzene rings is 2. The van der Waals surface area contributed by atoms with E-state index in [1.807, 2.05) is 72.9 Å². The van der Waals surface area contributed by atoms with Crippen LogP contribution in [0.5, 0.6) is 11.5 Å². The minimum absolute atomic E-state index is 0.0758. The Morgan fingerprint density at radius 3 is 2.37 bits per heavy atom. The lowest BCUT2D eigenvalue weighted by molar-refractivity contribution is 0.186. The largest absolute Gasteiger partial charge is 0.457 e. The minimum Gasteiger partial charge on any atom is -0.457 e. The van der Waals surface area contributed by atoms with Crippen molar-refractivity contribution in [2.75, 3.05) is 18.6 Å². The van der Waals surface area contributed by atoms with Crippen molar-refractivity contribution in [2.24, 2.45) is 0 Å². The summed E-state index contributed by atoms with van der Waals surface area (Å²) in [5.74, 6) is 1.59. The van der Waals surface area contributed by atoms with Crippen molar-refractivity contribution in [3.63, 3.8) is 0 Å². The number of aryl methyl sites for hydroxylation is 1. The van der Waals surface area contributed by atoms with Crippen LogP contribution in [0.1, 0.15) is 29.0 Å². The monoisotopic (exact) mass is 484 g/mol. The van der Waals surface area contributed by atoms with Crippen molar-refractivity contribution >= 4 is 23.0 Å². The average molecular weight is 485 g/mol. The molecule has 35 heavy (non-hydrogen) atoms. The Labute approximate surface area is 211 Å². The summed E-state index contributed by atoms with van der Waals surface area (Å²) in [7, 11) is 1.72. The van der Waals surface area contributed by atoms with E-state index in [9.17, 15) is 0 Å². The number of ether oxygens (including phenoxy) is 2. The van der Waals surface area contributed by atoms with Gasteiger partial charge in [-0.05, 0) is 79.8 Å². The number of hydrogen-bond donors (Lipinski definition) is 1. The van der Waals surface area contributed by atoms with Crippen molar-refractivity contribution in [2.45, 2.75) is 25.6 Å². The van der Waals surface area contributed by atoms with Crippen LogP contribution < -0.4 is 15.0 Å². The van der Waals surface area contributed by atoms with Crippen LogP contribution in [0.15, 0.2) is 91.3 Å². The van der Waals surface area contributed by atoms with E-state index in [2.05, 4.69) is 45.0 Å². The highest BCUT2D eigenvalue weighted by atomic mass is 32.1. The summed E-state index contributed by atoms with van der Waals surface area (Å²) in [6, 6.07) is 26.1. The lowest BCUT2D eigenvalue weighted by Gasteiger charge is -2.29. The summed E-state index contributed by atoms with van der Waals surface area (Å²) in [6.45, 7) is 3.45. The lowest BCUT2D eigenvalue weighted by Crippen LogP contribution is -2.30. The highest BCUT2D eigenvalue weighted by molar-refractivity contribution is 7.80. The first-order chi connectivity index (χ1) is 17.1. The molecule has 1 fully saturated rings. The molecule has 6 nitrogen and oxygen atoms in total. The third-order valence-corrected chi connectivity index (χ3v) is 6.49. The van der Waals surface area contributed by atoms with E-state index in [0.717, 1.165) is 35.1 Å². The third kappa shape index (κ3) is 4.92. The quantitative estimate of drug-likeness (QED) is 0.319. The highest BCUT2D eigenvalue weighted by Gasteiger charge is 2.42. The molecule has 2 atom stereocenters. The van der Waals surface area contributed by atoms with Gasteiger partial charge >= 0.3 is 0 Å². The first-order valence-electron chi connectivity index (χ1n) is 11.6. The Morgan fingerprint density at radius 1 is 0.943 bits per heavy atom. The molecule has 1 aliphatic rings. The Hall–Kier alpha value is -3.68. The van der Waals surface area contributed by atoms with Crippen LogP contribution in [0.2, 0.25) is 0 Å². The van der Waals surface area contributed by atoms with Gasteiger partial charge in [0, 0.05) is 37.4 Å². The standard InChI is InChI=1S/C28H28N4O2S/c1-20-8-12-22(13-9-20)34-23-14-10-21(11-15-23)32-27(25-7-5-17-31(25)18-19-33-2)26(30-28(32)35)24-6-3-4-16-29-24/h3-17,26-27H,18-19H2,1-2H3,(H,30,35)/t26-,27+/m1/s1. The maximum atomic E-state index is 6.04. The fraction of sp³-hybridized carbons (Fsp3) is 0.214. The molecule has 0 spiro atoms. The van der Waals surface area contributed by atoms with Crippen LogP contribution in [-0.4, -0.2) is 28.4 Å². The van der Waals surface area contributed by atoms with Gasteiger partial charge in [0.2, 0.25) is 0 Å². The molecule has 1 saturated heterocycles. The van der Waals surface area contributed by atoms with E-state index in [1.165, 1.54) is 5.56 Å². The number of pyridine rings is 1. The van der Waals surface area contributed by atoms with Gasteiger partial charge in [0.1, 0.15) is 17.5 Å². The molecule has 0 unspecified atom stereocenters. The second kappa shape index (κ2) is 10.3. The van der Waals surface area contributed by atoms with Crippen molar-refractivity contribution in [1.29, 1.82) is 0 Å². The zero-order valence-electron chi connectivity index (χ0n) is 19.8. The number of anilines is 1. The van der Waals surface area contributed by atoms with Crippen molar-refractivity contribution in [3.8, 4) is 11.5 Å². The van der Waals surface area contributed by atoms with Crippen molar-refractivity contribution in [3.05, 3.63) is 108 Å². The number of nitrogens with one attached hydrogen (secondary N) is 1. The average Bonchev–Trinajstić information content (AvgIpc) is 3.49. The van der Waals surface area contributed by atoms with Crippen LogP contribution in [0.25, 0.3) is 0 Å². The van der Waals surface area contributed by atoms with E-state index in [4.69, 9.17) is 21.7 Å². The first kappa shape index (κ1) is 23.1. The fourth-order valence-corrected chi connectivity index (χ4v) is 4.79. The van der Waals surface area contributed by atoms with Gasteiger partial charge in [0.15, 0.2) is 5.11 Å². The second-order valence-electron chi connectivity index (χ2n) is 8.52. The van der Waals surface area contributed by atoms with Gasteiger partial charge in [-0.2, -0.15) is 0 Å². The molecule has 1 N–H and O–H groups in total. The predicted molar refractivity (Wildman–Crippen MR) is 142 cm³/mol. The Balaban J connectivity index is 1.48. The highest BCUT2D eigenvalue weighted by Crippen LogP contribution is 2.42. The van der Waals surface area contributed by atoms with Gasteiger partial charge in [0.25, 0.3) is 0 Å². The molecule has 2 aromatic heterocycles. The molecule has 0 amide bonds. The molecule has 0 aliphatic carbocycles. The van der Waals surface area contributed by atoms with Crippen LogP contribution in [0.4, 0.5) is 5.69 Å². The molecule has 7 heteroatoms. The maximum absolute atomic E-state index is 6.04. The topological polar surface area (TPSA) is 51.5 Å². The Kier molecular flexibility index (Phi) is 6.79. The van der Waals surface area contributed by atoms with Gasteiger partial charge < -0.3 is 24.3 Å². The van der Waals surface area contributed by atoms with Gasteiger partial charge in [-0.15, -0.1) is 0 Å². The molecule has 178 valence electrons. The predicted octanol–water partition coefficient (Wildman–Crippen LogP) is 5.81. The molecule has 2 aromatic carbocycles. The van der Waals surface area contributed by atoms with E-state index in [1.54, 1.807) is 7.11 Å². The first-order valence-corrected chi connectivity index (χ1v) is 12.0. The molecule has 5 rings (SSSR count). The number of hydrogen-bond acceptors (Lipinski definition) is 4. The molecule has 1 aliphatic heterocycles. The van der Waals surface area contributed by atoms with Gasteiger partial charge in [0.05, 0.1) is 18.3 Å². The minimum atomic E-state index is -0.0941. The SMILES string of the molecule is COCCn1cccc1[C@H]1[C@@H](c2ccccn2)NC(=S)N1c1ccc(Oc2ccc(C)cc2)cc1. The van der Waals surface area contributed by atoms with Crippen LogP contribution >= 0.6 is 12.2 Å². The Bertz CT molecular complexity index is 1270. The molecule has 0 radical (unpaired) electrons. The molecule has 0 bridgehead atoms. The zero-order valence-corrected chi connectivity index (χ0v) is 20.6. The fourth-order valence-electron chi connectivity index (χ4n) is 4.44. The van der Waals surface area contributed by atoms with E-state index >= 15 is 0 Å². The van der Waals surface area contributed by atoms with Crippen LogP contribution in [0, 0.1) is 6.92 Å².